The molecule has 3 rings (SSSR count). The second kappa shape index (κ2) is 8.34. The van der Waals surface area contributed by atoms with Crippen molar-refractivity contribution in [1.29, 1.82) is 0 Å². The molecule has 0 saturated heterocycles. The summed E-state index contributed by atoms with van der Waals surface area (Å²) in [6.45, 7) is 0.695. The first-order valence-electron chi connectivity index (χ1n) is 7.50. The van der Waals surface area contributed by atoms with Gasteiger partial charge in [0.1, 0.15) is 0 Å². The second-order valence-corrected chi connectivity index (χ2v) is 6.50. The lowest BCUT2D eigenvalue weighted by atomic mass is 10.1. The Labute approximate surface area is 160 Å². The molecule has 2 aromatic carbocycles. The smallest absolute Gasteiger partial charge is 0.249 e. The highest BCUT2D eigenvalue weighted by atomic mass is 35.5. The Bertz CT molecular complexity index is 872. The van der Waals surface area contributed by atoms with E-state index in [1.807, 2.05) is 24.3 Å². The topological polar surface area (TPSA) is 62.7 Å². The average Bonchev–Trinajstić information content (AvgIpc) is 2.58. The summed E-state index contributed by atoms with van der Waals surface area (Å²) in [6.07, 6.45) is 2.38. The zero-order valence-corrected chi connectivity index (χ0v) is 15.3. The summed E-state index contributed by atoms with van der Waals surface area (Å²) in [5.41, 5.74) is 1.80. The number of benzene rings is 2. The Kier molecular flexibility index (Phi) is 5.91. The highest BCUT2D eigenvalue weighted by Gasteiger charge is 2.05. The molecule has 0 aliphatic rings. The van der Waals surface area contributed by atoms with E-state index in [-0.39, 0.29) is 0 Å². The predicted octanol–water partition coefficient (Wildman–Crippen LogP) is 5.23. The molecule has 128 valence electrons. The van der Waals surface area contributed by atoms with Gasteiger partial charge >= 0.3 is 0 Å². The molecule has 0 unspecified atom stereocenters. The monoisotopic (exact) mass is 393 g/mol. The van der Waals surface area contributed by atoms with Crippen molar-refractivity contribution in [2.45, 2.75) is 6.42 Å². The molecule has 25 heavy (non-hydrogen) atoms. The molecule has 0 aliphatic carbocycles. The number of anilines is 3. The summed E-state index contributed by atoms with van der Waals surface area (Å²) in [5, 5.41) is 15.9. The molecule has 2 N–H and O–H groups in total. The van der Waals surface area contributed by atoms with E-state index in [1.54, 1.807) is 24.4 Å². The summed E-state index contributed by atoms with van der Waals surface area (Å²) in [5.74, 6) is 0.960. The van der Waals surface area contributed by atoms with E-state index in [0.717, 1.165) is 17.0 Å². The zero-order valence-electron chi connectivity index (χ0n) is 13.0. The summed E-state index contributed by atoms with van der Waals surface area (Å²) < 4.78 is 0. The minimum atomic E-state index is 0.344. The maximum Gasteiger partial charge on any atom is 0.249 e. The maximum atomic E-state index is 6.13. The summed E-state index contributed by atoms with van der Waals surface area (Å²) in [4.78, 5) is 4.37. The van der Waals surface area contributed by atoms with Gasteiger partial charge in [0.05, 0.1) is 16.9 Å². The van der Waals surface area contributed by atoms with Crippen LogP contribution >= 0.6 is 34.8 Å². The molecule has 1 aromatic heterocycles. The van der Waals surface area contributed by atoms with Crippen molar-refractivity contribution >= 4 is 52.3 Å². The molecule has 0 saturated carbocycles. The van der Waals surface area contributed by atoms with Crippen LogP contribution in [-0.2, 0) is 6.42 Å². The van der Waals surface area contributed by atoms with Crippen LogP contribution in [0.1, 0.15) is 5.56 Å². The molecular formula is C17H14Cl3N5. The molecule has 0 bridgehead atoms. The minimum Gasteiger partial charge on any atom is -0.368 e. The molecule has 0 fully saturated rings. The molecular weight excluding hydrogens is 381 g/mol. The number of rotatable bonds is 6. The van der Waals surface area contributed by atoms with Crippen molar-refractivity contribution in [3.8, 4) is 0 Å². The van der Waals surface area contributed by atoms with E-state index in [2.05, 4.69) is 25.8 Å². The lowest BCUT2D eigenvalue weighted by Gasteiger charge is -2.09. The van der Waals surface area contributed by atoms with Gasteiger partial charge in [-0.05, 0) is 42.3 Å². The quantitative estimate of drug-likeness (QED) is 0.599. The third-order valence-electron chi connectivity index (χ3n) is 3.35. The summed E-state index contributed by atoms with van der Waals surface area (Å²) in [6, 6.07) is 12.9. The standard InChI is InChI=1S/C17H14Cl3N5/c18-12-3-1-2-11(8-12)6-7-21-16-10-22-25-17(24-16)23-15-5-4-13(19)9-14(15)20/h1-5,8-10H,6-7H2,(H2,21,23,24,25). The highest BCUT2D eigenvalue weighted by Crippen LogP contribution is 2.27. The van der Waals surface area contributed by atoms with Gasteiger partial charge in [-0.1, -0.05) is 46.9 Å². The molecule has 1 heterocycles. The Morgan fingerprint density at radius 1 is 0.960 bits per heavy atom. The number of halogens is 3. The van der Waals surface area contributed by atoms with Gasteiger partial charge in [-0.25, -0.2) is 0 Å². The van der Waals surface area contributed by atoms with Crippen molar-refractivity contribution in [3.63, 3.8) is 0 Å². The fourth-order valence-corrected chi connectivity index (χ4v) is 2.85. The lowest BCUT2D eigenvalue weighted by Crippen LogP contribution is -2.08. The van der Waals surface area contributed by atoms with Gasteiger partial charge in [0.25, 0.3) is 0 Å². The van der Waals surface area contributed by atoms with Crippen molar-refractivity contribution in [3.05, 3.63) is 69.3 Å². The van der Waals surface area contributed by atoms with Gasteiger partial charge in [-0.15, -0.1) is 5.10 Å². The van der Waals surface area contributed by atoms with Gasteiger partial charge in [0.15, 0.2) is 5.82 Å². The predicted molar refractivity (Wildman–Crippen MR) is 103 cm³/mol. The van der Waals surface area contributed by atoms with Gasteiger partial charge in [-0.2, -0.15) is 10.1 Å². The molecule has 3 aromatic rings. The molecule has 0 radical (unpaired) electrons. The number of nitrogens with one attached hydrogen (secondary N) is 2. The van der Waals surface area contributed by atoms with Gasteiger partial charge in [0.2, 0.25) is 5.95 Å². The van der Waals surface area contributed by atoms with Crippen LogP contribution in [0.25, 0.3) is 0 Å². The Morgan fingerprint density at radius 2 is 1.80 bits per heavy atom. The third-order valence-corrected chi connectivity index (χ3v) is 4.13. The van der Waals surface area contributed by atoms with Crippen LogP contribution in [0.2, 0.25) is 15.1 Å². The van der Waals surface area contributed by atoms with E-state index in [0.29, 0.717) is 34.0 Å². The molecule has 8 heteroatoms. The Morgan fingerprint density at radius 3 is 2.60 bits per heavy atom. The van der Waals surface area contributed by atoms with Crippen molar-refractivity contribution in [1.82, 2.24) is 15.2 Å². The number of aromatic nitrogens is 3. The molecule has 0 spiro atoms. The van der Waals surface area contributed by atoms with E-state index < -0.39 is 0 Å². The molecule has 0 amide bonds. The second-order valence-electron chi connectivity index (χ2n) is 5.22. The molecule has 0 aliphatic heterocycles. The Hall–Kier alpha value is -2.08. The van der Waals surface area contributed by atoms with Crippen LogP contribution in [-0.4, -0.2) is 21.7 Å². The average molecular weight is 395 g/mol. The Balaban J connectivity index is 1.61. The zero-order chi connectivity index (χ0) is 17.6. The molecule has 0 atom stereocenters. The van der Waals surface area contributed by atoms with Crippen LogP contribution in [0, 0.1) is 0 Å². The van der Waals surface area contributed by atoms with E-state index in [4.69, 9.17) is 34.8 Å². The summed E-state index contributed by atoms with van der Waals surface area (Å²) >= 11 is 18.0. The number of hydrogen-bond acceptors (Lipinski definition) is 5. The fraction of sp³-hybridized carbons (Fsp3) is 0.118. The van der Waals surface area contributed by atoms with Crippen molar-refractivity contribution < 1.29 is 0 Å². The third kappa shape index (κ3) is 5.19. The first-order valence-corrected chi connectivity index (χ1v) is 8.64. The van der Waals surface area contributed by atoms with Crippen molar-refractivity contribution in [2.75, 3.05) is 17.2 Å². The van der Waals surface area contributed by atoms with E-state index in [1.165, 1.54) is 0 Å². The molecule has 5 nitrogen and oxygen atoms in total. The normalized spacial score (nSPS) is 10.5. The van der Waals surface area contributed by atoms with Crippen molar-refractivity contribution in [2.24, 2.45) is 0 Å². The van der Waals surface area contributed by atoms with E-state index >= 15 is 0 Å². The first-order chi connectivity index (χ1) is 12.1. The number of nitrogens with zero attached hydrogens (tertiary/aromatic N) is 3. The largest absolute Gasteiger partial charge is 0.368 e. The highest BCUT2D eigenvalue weighted by molar-refractivity contribution is 6.36. The number of hydrogen-bond donors (Lipinski definition) is 2. The van der Waals surface area contributed by atoms with Crippen LogP contribution in [0.4, 0.5) is 17.5 Å². The van der Waals surface area contributed by atoms with Crippen LogP contribution in [0.5, 0.6) is 0 Å². The summed E-state index contributed by atoms with van der Waals surface area (Å²) in [7, 11) is 0. The lowest BCUT2D eigenvalue weighted by molar-refractivity contribution is 0.950. The SMILES string of the molecule is Clc1cccc(CCNc2cnnc(Nc3ccc(Cl)cc3Cl)n2)c1. The van der Waals surface area contributed by atoms with Gasteiger partial charge in [-0.3, -0.25) is 0 Å². The van der Waals surface area contributed by atoms with Crippen LogP contribution in [0.3, 0.4) is 0 Å². The van der Waals surface area contributed by atoms with Gasteiger partial charge in [0, 0.05) is 16.6 Å². The maximum absolute atomic E-state index is 6.13. The van der Waals surface area contributed by atoms with Crippen LogP contribution in [0.15, 0.2) is 48.7 Å². The van der Waals surface area contributed by atoms with Crippen LogP contribution < -0.4 is 10.6 Å². The fourth-order valence-electron chi connectivity index (χ4n) is 2.18. The van der Waals surface area contributed by atoms with E-state index in [9.17, 15) is 0 Å². The van der Waals surface area contributed by atoms with Gasteiger partial charge < -0.3 is 10.6 Å². The first kappa shape index (κ1) is 17.7. The minimum absolute atomic E-state index is 0.344.